The molecule has 0 spiro atoms. The van der Waals surface area contributed by atoms with Crippen LogP contribution in [-0.2, 0) is 13.1 Å². The number of aromatic nitrogens is 1. The number of halogens is 1. The van der Waals surface area contributed by atoms with Crippen LogP contribution in [0.3, 0.4) is 0 Å². The van der Waals surface area contributed by atoms with Gasteiger partial charge in [0.05, 0.1) is 7.11 Å². The van der Waals surface area contributed by atoms with Crippen molar-refractivity contribution < 1.29 is 4.74 Å². The first-order valence-corrected chi connectivity index (χ1v) is 6.51. The van der Waals surface area contributed by atoms with Crippen LogP contribution in [0.1, 0.15) is 11.1 Å². The predicted octanol–water partition coefficient (Wildman–Crippen LogP) is 3.14. The Balaban J connectivity index is 1.94. The number of hydrogen-bond acceptors (Lipinski definition) is 3. The van der Waals surface area contributed by atoms with Gasteiger partial charge in [-0.15, -0.1) is 0 Å². The lowest BCUT2D eigenvalue weighted by Crippen LogP contribution is -2.13. The molecule has 0 unspecified atom stereocenters. The van der Waals surface area contributed by atoms with E-state index in [9.17, 15) is 0 Å². The van der Waals surface area contributed by atoms with E-state index in [1.165, 1.54) is 11.1 Å². The number of ether oxygens (including phenoxy) is 1. The maximum Gasteiger partial charge on any atom is 0.119 e. The molecule has 0 aliphatic heterocycles. The normalized spacial score (nSPS) is 10.3. The van der Waals surface area contributed by atoms with Gasteiger partial charge in [-0.05, 0) is 35.4 Å². The minimum Gasteiger partial charge on any atom is -0.497 e. The van der Waals surface area contributed by atoms with Gasteiger partial charge in [0.25, 0.3) is 0 Å². The molecule has 0 aliphatic rings. The molecule has 0 atom stereocenters. The van der Waals surface area contributed by atoms with E-state index in [1.54, 1.807) is 13.3 Å². The van der Waals surface area contributed by atoms with Gasteiger partial charge in [0.1, 0.15) is 5.75 Å². The van der Waals surface area contributed by atoms with Crippen LogP contribution in [0.15, 0.2) is 47.2 Å². The maximum absolute atomic E-state index is 5.22. The molecular weight excluding hydrogens is 292 g/mol. The highest BCUT2D eigenvalue weighted by Crippen LogP contribution is 2.22. The lowest BCUT2D eigenvalue weighted by atomic mass is 10.2. The summed E-state index contributed by atoms with van der Waals surface area (Å²) in [6, 6.07) is 9.97. The molecule has 94 valence electrons. The van der Waals surface area contributed by atoms with Gasteiger partial charge in [-0.1, -0.05) is 22.0 Å². The smallest absolute Gasteiger partial charge is 0.119 e. The monoisotopic (exact) mass is 306 g/mol. The van der Waals surface area contributed by atoms with E-state index in [2.05, 4.69) is 32.3 Å². The van der Waals surface area contributed by atoms with E-state index in [0.717, 1.165) is 23.3 Å². The summed E-state index contributed by atoms with van der Waals surface area (Å²) in [6.45, 7) is 1.59. The summed E-state index contributed by atoms with van der Waals surface area (Å²) in [4.78, 5) is 4.09. The fraction of sp³-hybridized carbons (Fsp3) is 0.214. The summed E-state index contributed by atoms with van der Waals surface area (Å²) in [5.41, 5.74) is 2.36. The summed E-state index contributed by atoms with van der Waals surface area (Å²) in [5.74, 6) is 0.872. The van der Waals surface area contributed by atoms with E-state index >= 15 is 0 Å². The number of benzene rings is 1. The molecule has 2 rings (SSSR count). The summed E-state index contributed by atoms with van der Waals surface area (Å²) in [5, 5.41) is 3.38. The molecular formula is C14H15BrN2O. The number of nitrogens with zero attached hydrogens (tertiary/aromatic N) is 1. The Morgan fingerprint density at radius 2 is 2.17 bits per heavy atom. The first-order valence-electron chi connectivity index (χ1n) is 5.71. The minimum atomic E-state index is 0.784. The van der Waals surface area contributed by atoms with Gasteiger partial charge in [0, 0.05) is 30.0 Å². The van der Waals surface area contributed by atoms with E-state index in [4.69, 9.17) is 4.74 Å². The summed E-state index contributed by atoms with van der Waals surface area (Å²) in [6.07, 6.45) is 3.65. The zero-order valence-electron chi connectivity index (χ0n) is 10.2. The van der Waals surface area contributed by atoms with E-state index in [0.29, 0.717) is 0 Å². The number of rotatable bonds is 5. The van der Waals surface area contributed by atoms with Gasteiger partial charge in [-0.25, -0.2) is 0 Å². The fourth-order valence-corrected chi connectivity index (χ4v) is 2.04. The van der Waals surface area contributed by atoms with Crippen molar-refractivity contribution >= 4 is 15.9 Å². The Hall–Kier alpha value is -1.39. The second-order valence-corrected chi connectivity index (χ2v) is 4.78. The predicted molar refractivity (Wildman–Crippen MR) is 75.5 cm³/mol. The van der Waals surface area contributed by atoms with Crippen molar-refractivity contribution in [1.29, 1.82) is 0 Å². The SMILES string of the molecule is COc1ccc(Br)c(CNCc2cccnc2)c1. The van der Waals surface area contributed by atoms with Crippen LogP contribution in [-0.4, -0.2) is 12.1 Å². The maximum atomic E-state index is 5.22. The summed E-state index contributed by atoms with van der Waals surface area (Å²) in [7, 11) is 1.68. The van der Waals surface area contributed by atoms with Gasteiger partial charge in [0.2, 0.25) is 0 Å². The van der Waals surface area contributed by atoms with E-state index in [1.807, 2.05) is 30.5 Å². The number of pyridine rings is 1. The first-order chi connectivity index (χ1) is 8.79. The summed E-state index contributed by atoms with van der Waals surface area (Å²) < 4.78 is 6.30. The molecule has 18 heavy (non-hydrogen) atoms. The highest BCUT2D eigenvalue weighted by atomic mass is 79.9. The van der Waals surface area contributed by atoms with Crippen LogP contribution in [0.2, 0.25) is 0 Å². The lowest BCUT2D eigenvalue weighted by Gasteiger charge is -2.08. The van der Waals surface area contributed by atoms with Crippen molar-refractivity contribution in [1.82, 2.24) is 10.3 Å². The Labute approximate surface area is 115 Å². The van der Waals surface area contributed by atoms with Crippen molar-refractivity contribution in [3.63, 3.8) is 0 Å². The Kier molecular flexibility index (Phi) is 4.73. The third-order valence-corrected chi connectivity index (χ3v) is 3.39. The third-order valence-electron chi connectivity index (χ3n) is 2.62. The molecule has 0 radical (unpaired) electrons. The zero-order valence-corrected chi connectivity index (χ0v) is 11.8. The Morgan fingerprint density at radius 3 is 2.89 bits per heavy atom. The van der Waals surface area contributed by atoms with Crippen molar-refractivity contribution in [3.05, 3.63) is 58.3 Å². The topological polar surface area (TPSA) is 34.1 Å². The van der Waals surface area contributed by atoms with Crippen LogP contribution in [0.5, 0.6) is 5.75 Å². The van der Waals surface area contributed by atoms with E-state index < -0.39 is 0 Å². The third kappa shape index (κ3) is 3.55. The molecule has 3 nitrogen and oxygen atoms in total. The molecule has 4 heteroatoms. The minimum absolute atomic E-state index is 0.784. The molecule has 1 N–H and O–H groups in total. The average molecular weight is 307 g/mol. The van der Waals surface area contributed by atoms with Crippen LogP contribution >= 0.6 is 15.9 Å². The Morgan fingerprint density at radius 1 is 1.28 bits per heavy atom. The zero-order chi connectivity index (χ0) is 12.8. The molecule has 0 saturated heterocycles. The molecule has 0 aliphatic carbocycles. The second-order valence-electron chi connectivity index (χ2n) is 3.92. The van der Waals surface area contributed by atoms with Gasteiger partial charge in [-0.3, -0.25) is 4.98 Å². The van der Waals surface area contributed by atoms with Gasteiger partial charge in [-0.2, -0.15) is 0 Å². The number of methoxy groups -OCH3 is 1. The summed E-state index contributed by atoms with van der Waals surface area (Å²) >= 11 is 3.54. The Bertz CT molecular complexity index is 502. The van der Waals surface area contributed by atoms with Crippen molar-refractivity contribution in [3.8, 4) is 5.75 Å². The van der Waals surface area contributed by atoms with Crippen LogP contribution in [0.4, 0.5) is 0 Å². The second kappa shape index (κ2) is 6.52. The molecule has 0 saturated carbocycles. The van der Waals surface area contributed by atoms with Gasteiger partial charge in [0.15, 0.2) is 0 Å². The molecule has 2 aromatic rings. The van der Waals surface area contributed by atoms with Crippen LogP contribution in [0.25, 0.3) is 0 Å². The average Bonchev–Trinajstić information content (AvgIpc) is 2.42. The standard InChI is InChI=1S/C14H15BrN2O/c1-18-13-4-5-14(15)12(7-13)10-17-9-11-3-2-6-16-8-11/h2-8,17H,9-10H2,1H3. The van der Waals surface area contributed by atoms with E-state index in [-0.39, 0.29) is 0 Å². The lowest BCUT2D eigenvalue weighted by molar-refractivity contribution is 0.414. The van der Waals surface area contributed by atoms with Gasteiger partial charge >= 0.3 is 0 Å². The molecule has 0 amide bonds. The quantitative estimate of drug-likeness (QED) is 0.921. The molecule has 1 aromatic heterocycles. The molecule has 1 heterocycles. The molecule has 0 fully saturated rings. The number of hydrogen-bond donors (Lipinski definition) is 1. The fourth-order valence-electron chi connectivity index (χ4n) is 1.66. The number of nitrogens with one attached hydrogen (secondary N) is 1. The first kappa shape index (κ1) is 13.1. The van der Waals surface area contributed by atoms with Crippen LogP contribution in [0, 0.1) is 0 Å². The van der Waals surface area contributed by atoms with Crippen molar-refractivity contribution in [2.24, 2.45) is 0 Å². The van der Waals surface area contributed by atoms with Crippen LogP contribution < -0.4 is 10.1 Å². The van der Waals surface area contributed by atoms with Crippen molar-refractivity contribution in [2.75, 3.05) is 7.11 Å². The van der Waals surface area contributed by atoms with Gasteiger partial charge < -0.3 is 10.1 Å². The van der Waals surface area contributed by atoms with Crippen molar-refractivity contribution in [2.45, 2.75) is 13.1 Å². The molecule has 1 aromatic carbocycles. The highest BCUT2D eigenvalue weighted by Gasteiger charge is 2.02. The highest BCUT2D eigenvalue weighted by molar-refractivity contribution is 9.10. The largest absolute Gasteiger partial charge is 0.497 e. The molecule has 0 bridgehead atoms.